The highest BCUT2D eigenvalue weighted by Gasteiger charge is 2.26. The normalized spacial score (nSPS) is 26.8. The molecule has 2 atom stereocenters. The first-order valence-corrected chi connectivity index (χ1v) is 7.17. The number of rotatable bonds is 1. The van der Waals surface area contributed by atoms with Crippen molar-refractivity contribution in [2.75, 3.05) is 13.6 Å². The number of hydrogen-bond donors (Lipinski definition) is 1. The lowest BCUT2D eigenvalue weighted by Crippen LogP contribution is -2.37. The van der Waals surface area contributed by atoms with Gasteiger partial charge in [0.15, 0.2) is 0 Å². The van der Waals surface area contributed by atoms with Crippen LogP contribution in [0.2, 0.25) is 5.02 Å². The number of nitrogens with zero attached hydrogens (tertiary/aromatic N) is 1. The van der Waals surface area contributed by atoms with Gasteiger partial charge in [-0.05, 0) is 60.1 Å². The Hall–Kier alpha value is -0.0900. The average molecular weight is 318 g/mol. The molecule has 1 aromatic carbocycles. The molecule has 0 spiro atoms. The van der Waals surface area contributed by atoms with Gasteiger partial charge < -0.3 is 5.73 Å². The van der Waals surface area contributed by atoms with Crippen molar-refractivity contribution in [3.8, 4) is 0 Å². The van der Waals surface area contributed by atoms with Crippen LogP contribution in [-0.4, -0.2) is 24.5 Å². The highest BCUT2D eigenvalue weighted by molar-refractivity contribution is 9.10. The molecule has 1 saturated heterocycles. The van der Waals surface area contributed by atoms with Crippen LogP contribution >= 0.6 is 27.5 Å². The van der Waals surface area contributed by atoms with Crippen molar-refractivity contribution in [1.82, 2.24) is 4.90 Å². The van der Waals surface area contributed by atoms with Gasteiger partial charge in [-0.1, -0.05) is 24.1 Å². The quantitative estimate of drug-likeness (QED) is 0.857. The molecule has 94 valence electrons. The zero-order chi connectivity index (χ0) is 12.4. The second kappa shape index (κ2) is 5.70. The molecule has 17 heavy (non-hydrogen) atoms. The Balaban J connectivity index is 2.31. The Labute approximate surface area is 116 Å². The number of likely N-dealkylation sites (tertiary alicyclic amines) is 1. The Morgan fingerprint density at radius 1 is 1.41 bits per heavy atom. The first-order valence-electron chi connectivity index (χ1n) is 6.00. The molecular weight excluding hydrogens is 300 g/mol. The van der Waals surface area contributed by atoms with Crippen molar-refractivity contribution < 1.29 is 0 Å². The highest BCUT2D eigenvalue weighted by Crippen LogP contribution is 2.32. The molecule has 1 aliphatic rings. The van der Waals surface area contributed by atoms with E-state index < -0.39 is 0 Å². The number of halogens is 2. The predicted molar refractivity (Wildman–Crippen MR) is 76.3 cm³/mol. The van der Waals surface area contributed by atoms with Gasteiger partial charge in [0.1, 0.15) is 0 Å². The smallest absolute Gasteiger partial charge is 0.0551 e. The summed E-state index contributed by atoms with van der Waals surface area (Å²) in [7, 11) is 2.14. The molecule has 0 amide bonds. The Morgan fingerprint density at radius 3 is 2.88 bits per heavy atom. The molecule has 0 radical (unpaired) electrons. The first kappa shape index (κ1) is 13.3. The summed E-state index contributed by atoms with van der Waals surface area (Å²) in [5, 5.41) is 0.757. The van der Waals surface area contributed by atoms with E-state index in [1.54, 1.807) is 0 Å². The summed E-state index contributed by atoms with van der Waals surface area (Å²) < 4.78 is 0.938. The molecular formula is C13H18BrClN2. The third-order valence-electron chi connectivity index (χ3n) is 3.46. The number of nitrogens with two attached hydrogens (primary N) is 1. The number of hydrogen-bond acceptors (Lipinski definition) is 2. The zero-order valence-electron chi connectivity index (χ0n) is 10.00. The number of likely N-dealkylation sites (N-methyl/N-ethyl adjacent to an activating group) is 1. The fourth-order valence-corrected chi connectivity index (χ4v) is 3.00. The summed E-state index contributed by atoms with van der Waals surface area (Å²) in [5.41, 5.74) is 7.51. The van der Waals surface area contributed by atoms with Crippen molar-refractivity contribution in [3.05, 3.63) is 33.3 Å². The van der Waals surface area contributed by atoms with E-state index in [-0.39, 0.29) is 12.1 Å². The van der Waals surface area contributed by atoms with Gasteiger partial charge in [-0.3, -0.25) is 4.90 Å². The van der Waals surface area contributed by atoms with Crippen LogP contribution in [-0.2, 0) is 0 Å². The lowest BCUT2D eigenvalue weighted by atomic mass is 9.97. The van der Waals surface area contributed by atoms with Gasteiger partial charge in [0, 0.05) is 16.6 Å². The molecule has 2 N–H and O–H groups in total. The van der Waals surface area contributed by atoms with Gasteiger partial charge >= 0.3 is 0 Å². The third-order valence-corrected chi connectivity index (χ3v) is 4.70. The van der Waals surface area contributed by atoms with E-state index in [0.717, 1.165) is 22.5 Å². The molecule has 1 aliphatic heterocycles. The summed E-state index contributed by atoms with van der Waals surface area (Å²) in [6.07, 6.45) is 3.53. The SMILES string of the molecule is CN1CCCCC(N)C1c1ccc(Br)c(Cl)c1. The maximum Gasteiger partial charge on any atom is 0.0551 e. The van der Waals surface area contributed by atoms with Crippen molar-refractivity contribution in [2.45, 2.75) is 31.3 Å². The summed E-state index contributed by atoms with van der Waals surface area (Å²) >= 11 is 9.59. The minimum Gasteiger partial charge on any atom is -0.326 e. The first-order chi connectivity index (χ1) is 8.09. The minimum atomic E-state index is 0.194. The lowest BCUT2D eigenvalue weighted by Gasteiger charge is -2.30. The molecule has 4 heteroatoms. The topological polar surface area (TPSA) is 29.3 Å². The third kappa shape index (κ3) is 3.02. The lowest BCUT2D eigenvalue weighted by molar-refractivity contribution is 0.230. The van der Waals surface area contributed by atoms with Crippen LogP contribution in [0.1, 0.15) is 30.9 Å². The van der Waals surface area contributed by atoms with E-state index >= 15 is 0 Å². The van der Waals surface area contributed by atoms with Gasteiger partial charge in [-0.2, -0.15) is 0 Å². The van der Waals surface area contributed by atoms with Crippen LogP contribution < -0.4 is 5.73 Å². The molecule has 0 aromatic heterocycles. The maximum absolute atomic E-state index is 6.29. The Bertz CT molecular complexity index is 385. The Kier molecular flexibility index (Phi) is 4.47. The summed E-state index contributed by atoms with van der Waals surface area (Å²) in [6, 6.07) is 6.62. The van der Waals surface area contributed by atoms with E-state index in [1.807, 2.05) is 12.1 Å². The van der Waals surface area contributed by atoms with Crippen LogP contribution in [0.5, 0.6) is 0 Å². The van der Waals surface area contributed by atoms with Gasteiger partial charge in [-0.25, -0.2) is 0 Å². The van der Waals surface area contributed by atoms with Crippen LogP contribution in [0, 0.1) is 0 Å². The zero-order valence-corrected chi connectivity index (χ0v) is 12.3. The van der Waals surface area contributed by atoms with Crippen molar-refractivity contribution in [3.63, 3.8) is 0 Å². The van der Waals surface area contributed by atoms with Crippen molar-refractivity contribution in [1.29, 1.82) is 0 Å². The number of benzene rings is 1. The second-order valence-corrected chi connectivity index (χ2v) is 6.02. The summed E-state index contributed by atoms with van der Waals surface area (Å²) in [4.78, 5) is 2.34. The van der Waals surface area contributed by atoms with Crippen LogP contribution in [0.15, 0.2) is 22.7 Å². The van der Waals surface area contributed by atoms with Crippen molar-refractivity contribution in [2.24, 2.45) is 5.73 Å². The van der Waals surface area contributed by atoms with E-state index in [1.165, 1.54) is 18.4 Å². The second-order valence-electron chi connectivity index (χ2n) is 4.76. The molecule has 1 aromatic rings. The molecule has 1 heterocycles. The Morgan fingerprint density at radius 2 is 2.18 bits per heavy atom. The molecule has 2 unspecified atom stereocenters. The van der Waals surface area contributed by atoms with E-state index in [2.05, 4.69) is 33.9 Å². The van der Waals surface area contributed by atoms with Gasteiger partial charge in [0.05, 0.1) is 5.02 Å². The monoisotopic (exact) mass is 316 g/mol. The maximum atomic E-state index is 6.29. The van der Waals surface area contributed by atoms with E-state index in [9.17, 15) is 0 Å². The molecule has 2 nitrogen and oxygen atoms in total. The van der Waals surface area contributed by atoms with E-state index in [0.29, 0.717) is 0 Å². The van der Waals surface area contributed by atoms with E-state index in [4.69, 9.17) is 17.3 Å². The van der Waals surface area contributed by atoms with Crippen LogP contribution in [0.4, 0.5) is 0 Å². The molecule has 0 bridgehead atoms. The predicted octanol–water partition coefficient (Wildman–Crippen LogP) is 3.59. The van der Waals surface area contributed by atoms with Crippen molar-refractivity contribution >= 4 is 27.5 Å². The average Bonchev–Trinajstić information content (AvgIpc) is 2.45. The summed E-state index contributed by atoms with van der Waals surface area (Å²) in [5.74, 6) is 0. The largest absolute Gasteiger partial charge is 0.326 e. The van der Waals surface area contributed by atoms with Gasteiger partial charge in [-0.15, -0.1) is 0 Å². The molecule has 2 rings (SSSR count). The summed E-state index contributed by atoms with van der Waals surface area (Å²) in [6.45, 7) is 1.10. The molecule has 0 saturated carbocycles. The highest BCUT2D eigenvalue weighted by atomic mass is 79.9. The van der Waals surface area contributed by atoms with Gasteiger partial charge in [0.2, 0.25) is 0 Å². The fourth-order valence-electron chi connectivity index (χ4n) is 2.56. The standard InChI is InChI=1S/C13H18BrClN2/c1-17-7-3-2-4-12(16)13(17)9-5-6-10(14)11(15)8-9/h5-6,8,12-13H,2-4,7,16H2,1H3. The molecule has 0 aliphatic carbocycles. The van der Waals surface area contributed by atoms with Crippen LogP contribution in [0.3, 0.4) is 0 Å². The van der Waals surface area contributed by atoms with Gasteiger partial charge in [0.25, 0.3) is 0 Å². The molecule has 1 fully saturated rings. The minimum absolute atomic E-state index is 0.194. The fraction of sp³-hybridized carbons (Fsp3) is 0.538. The van der Waals surface area contributed by atoms with Crippen LogP contribution in [0.25, 0.3) is 0 Å².